The molecule has 1 heterocycles. The zero-order chi connectivity index (χ0) is 19.4. The minimum Gasteiger partial charge on any atom is -0.455 e. The lowest BCUT2D eigenvalue weighted by atomic mass is 9.72. The van der Waals surface area contributed by atoms with Crippen LogP contribution in [0, 0.1) is 0 Å². The minimum absolute atomic E-state index is 0.0351. The summed E-state index contributed by atoms with van der Waals surface area (Å²) in [6, 6.07) is 21.5. The van der Waals surface area contributed by atoms with Gasteiger partial charge in [-0.2, -0.15) is 0 Å². The molecule has 0 atom stereocenters. The van der Waals surface area contributed by atoms with Crippen molar-refractivity contribution in [2.75, 3.05) is 0 Å². The molecule has 0 N–H and O–H groups in total. The van der Waals surface area contributed by atoms with E-state index in [4.69, 9.17) is 4.42 Å². The van der Waals surface area contributed by atoms with Gasteiger partial charge in [0.2, 0.25) is 0 Å². The zero-order valence-corrected chi connectivity index (χ0v) is 17.2. The summed E-state index contributed by atoms with van der Waals surface area (Å²) in [5, 5.41) is 2.36. The average molecular weight is 357 g/mol. The molecular formula is C26H28O. The van der Waals surface area contributed by atoms with E-state index in [-0.39, 0.29) is 10.8 Å². The average Bonchev–Trinajstić information content (AvgIpc) is 2.98. The first-order valence-electron chi connectivity index (χ1n) is 9.72. The SMILES string of the molecule is CC(C)(C)c1cccc(-c2cccc3c2oc2ccccc23)c1C(C)(C)C. The summed E-state index contributed by atoms with van der Waals surface area (Å²) in [4.78, 5) is 0. The van der Waals surface area contributed by atoms with E-state index in [2.05, 4.69) is 96.1 Å². The van der Waals surface area contributed by atoms with Crippen LogP contribution in [-0.4, -0.2) is 0 Å². The van der Waals surface area contributed by atoms with Crippen molar-refractivity contribution in [1.82, 2.24) is 0 Å². The molecule has 1 heteroatoms. The molecule has 0 unspecified atom stereocenters. The Kier molecular flexibility index (Phi) is 3.96. The molecule has 4 aromatic rings. The number of fused-ring (bicyclic) bond motifs is 3. The van der Waals surface area contributed by atoms with Gasteiger partial charge in [0, 0.05) is 16.3 Å². The number of para-hydroxylation sites is 2. The molecule has 0 aliphatic rings. The highest BCUT2D eigenvalue weighted by Gasteiger charge is 2.28. The fourth-order valence-corrected chi connectivity index (χ4v) is 4.17. The zero-order valence-electron chi connectivity index (χ0n) is 17.2. The summed E-state index contributed by atoms with van der Waals surface area (Å²) in [5.74, 6) is 0. The van der Waals surface area contributed by atoms with Crippen LogP contribution in [0.5, 0.6) is 0 Å². The summed E-state index contributed by atoms with van der Waals surface area (Å²) < 4.78 is 6.33. The quantitative estimate of drug-likeness (QED) is 0.338. The molecule has 138 valence electrons. The van der Waals surface area contributed by atoms with E-state index < -0.39 is 0 Å². The Morgan fingerprint density at radius 3 is 1.93 bits per heavy atom. The van der Waals surface area contributed by atoms with Crippen molar-refractivity contribution in [2.45, 2.75) is 52.4 Å². The Hall–Kier alpha value is -2.54. The number of benzene rings is 3. The fourth-order valence-electron chi connectivity index (χ4n) is 4.17. The van der Waals surface area contributed by atoms with Crippen LogP contribution in [0.1, 0.15) is 52.7 Å². The monoisotopic (exact) mass is 356 g/mol. The van der Waals surface area contributed by atoms with Gasteiger partial charge in [-0.15, -0.1) is 0 Å². The molecule has 0 bridgehead atoms. The maximum atomic E-state index is 6.33. The molecule has 0 aliphatic heterocycles. The Morgan fingerprint density at radius 1 is 0.593 bits per heavy atom. The molecule has 0 amide bonds. The smallest absolute Gasteiger partial charge is 0.143 e. The molecular weight excluding hydrogens is 328 g/mol. The molecule has 1 aromatic heterocycles. The van der Waals surface area contributed by atoms with Crippen molar-refractivity contribution in [3.8, 4) is 11.1 Å². The highest BCUT2D eigenvalue weighted by atomic mass is 16.3. The van der Waals surface area contributed by atoms with Gasteiger partial charge in [-0.1, -0.05) is 96.1 Å². The topological polar surface area (TPSA) is 13.1 Å². The molecule has 27 heavy (non-hydrogen) atoms. The lowest BCUT2D eigenvalue weighted by molar-refractivity contribution is 0.531. The first-order chi connectivity index (χ1) is 12.7. The van der Waals surface area contributed by atoms with E-state index in [0.29, 0.717) is 0 Å². The molecule has 0 fully saturated rings. The van der Waals surface area contributed by atoms with E-state index in [0.717, 1.165) is 11.2 Å². The summed E-state index contributed by atoms with van der Waals surface area (Å²) in [5.41, 5.74) is 7.32. The van der Waals surface area contributed by atoms with Crippen molar-refractivity contribution in [3.63, 3.8) is 0 Å². The maximum Gasteiger partial charge on any atom is 0.143 e. The van der Waals surface area contributed by atoms with Crippen molar-refractivity contribution in [3.05, 3.63) is 71.8 Å². The van der Waals surface area contributed by atoms with Crippen LogP contribution < -0.4 is 0 Å². The van der Waals surface area contributed by atoms with Gasteiger partial charge < -0.3 is 4.42 Å². The first kappa shape index (κ1) is 17.9. The van der Waals surface area contributed by atoms with Crippen LogP contribution in [0.25, 0.3) is 33.1 Å². The molecule has 3 aromatic carbocycles. The van der Waals surface area contributed by atoms with E-state index in [9.17, 15) is 0 Å². The van der Waals surface area contributed by atoms with Crippen molar-refractivity contribution in [2.24, 2.45) is 0 Å². The van der Waals surface area contributed by atoms with Crippen LogP contribution in [0.3, 0.4) is 0 Å². The predicted molar refractivity (Wildman–Crippen MR) is 117 cm³/mol. The number of rotatable bonds is 1. The van der Waals surface area contributed by atoms with Gasteiger partial charge >= 0.3 is 0 Å². The van der Waals surface area contributed by atoms with Gasteiger partial charge in [-0.05, 0) is 33.6 Å². The number of furan rings is 1. The van der Waals surface area contributed by atoms with Crippen LogP contribution in [0.2, 0.25) is 0 Å². The molecule has 0 saturated heterocycles. The van der Waals surface area contributed by atoms with Crippen LogP contribution in [0.4, 0.5) is 0 Å². The summed E-state index contributed by atoms with van der Waals surface area (Å²) >= 11 is 0. The van der Waals surface area contributed by atoms with Gasteiger partial charge in [0.1, 0.15) is 11.2 Å². The van der Waals surface area contributed by atoms with Crippen molar-refractivity contribution in [1.29, 1.82) is 0 Å². The van der Waals surface area contributed by atoms with Crippen molar-refractivity contribution >= 4 is 21.9 Å². The minimum atomic E-state index is 0.0351. The van der Waals surface area contributed by atoms with Crippen molar-refractivity contribution < 1.29 is 4.42 Å². The normalized spacial score (nSPS) is 12.8. The second kappa shape index (κ2) is 5.99. The van der Waals surface area contributed by atoms with Gasteiger partial charge in [0.05, 0.1) is 0 Å². The van der Waals surface area contributed by atoms with Gasteiger partial charge in [0.15, 0.2) is 0 Å². The van der Waals surface area contributed by atoms with E-state index in [1.54, 1.807) is 0 Å². The lowest BCUT2D eigenvalue weighted by Gasteiger charge is -2.32. The molecule has 1 nitrogen and oxygen atoms in total. The third kappa shape index (κ3) is 2.96. The summed E-state index contributed by atoms with van der Waals surface area (Å²) in [7, 11) is 0. The fraction of sp³-hybridized carbons (Fsp3) is 0.308. The predicted octanol–water partition coefficient (Wildman–Crippen LogP) is 7.85. The highest BCUT2D eigenvalue weighted by Crippen LogP contribution is 2.43. The molecule has 0 saturated carbocycles. The second-order valence-electron chi connectivity index (χ2n) is 9.51. The Bertz CT molecular complexity index is 1130. The number of hydrogen-bond donors (Lipinski definition) is 0. The van der Waals surface area contributed by atoms with Crippen LogP contribution in [-0.2, 0) is 10.8 Å². The highest BCUT2D eigenvalue weighted by molar-refractivity contribution is 6.09. The molecule has 0 spiro atoms. The Labute approximate surface area is 162 Å². The standard InChI is InChI=1S/C26H28O/c1-25(2,3)21-15-10-12-18(23(21)26(4,5)6)20-14-9-13-19-17-11-7-8-16-22(17)27-24(19)20/h7-16H,1-6H3. The van der Waals surface area contributed by atoms with Crippen LogP contribution >= 0.6 is 0 Å². The van der Waals surface area contributed by atoms with Gasteiger partial charge in [0.25, 0.3) is 0 Å². The lowest BCUT2D eigenvalue weighted by Crippen LogP contribution is -2.23. The molecule has 4 rings (SSSR count). The van der Waals surface area contributed by atoms with E-state index >= 15 is 0 Å². The van der Waals surface area contributed by atoms with Gasteiger partial charge in [-0.3, -0.25) is 0 Å². The first-order valence-corrected chi connectivity index (χ1v) is 9.72. The van der Waals surface area contributed by atoms with E-state index in [1.807, 2.05) is 6.07 Å². The summed E-state index contributed by atoms with van der Waals surface area (Å²) in [6.45, 7) is 13.8. The molecule has 0 radical (unpaired) electrons. The Balaban J connectivity index is 2.11. The second-order valence-corrected chi connectivity index (χ2v) is 9.51. The van der Waals surface area contributed by atoms with Crippen LogP contribution in [0.15, 0.2) is 65.1 Å². The molecule has 0 aliphatic carbocycles. The third-order valence-corrected chi connectivity index (χ3v) is 5.32. The summed E-state index contributed by atoms with van der Waals surface area (Å²) in [6.07, 6.45) is 0. The van der Waals surface area contributed by atoms with E-state index in [1.165, 1.54) is 33.0 Å². The third-order valence-electron chi connectivity index (χ3n) is 5.32. The Morgan fingerprint density at radius 2 is 1.22 bits per heavy atom. The maximum absolute atomic E-state index is 6.33. The largest absolute Gasteiger partial charge is 0.455 e. The number of hydrogen-bond acceptors (Lipinski definition) is 1. The van der Waals surface area contributed by atoms with Gasteiger partial charge in [-0.25, -0.2) is 0 Å².